The lowest BCUT2D eigenvalue weighted by atomic mass is 10.1. The molecule has 1 aliphatic heterocycles. The van der Waals surface area contributed by atoms with Gasteiger partial charge in [0, 0.05) is 37.0 Å². The van der Waals surface area contributed by atoms with Crippen LogP contribution in [0.15, 0.2) is 57.8 Å². The lowest BCUT2D eigenvalue weighted by Crippen LogP contribution is -2.20. The van der Waals surface area contributed by atoms with Gasteiger partial charge in [-0.25, -0.2) is 9.07 Å². The van der Waals surface area contributed by atoms with E-state index in [4.69, 9.17) is 0 Å². The number of sulfonamides is 1. The van der Waals surface area contributed by atoms with E-state index >= 15 is 0 Å². The smallest absolute Gasteiger partial charge is 0.283 e. The van der Waals surface area contributed by atoms with Crippen molar-refractivity contribution in [2.45, 2.75) is 38.0 Å². The molecule has 0 bridgehead atoms. The van der Waals surface area contributed by atoms with E-state index in [1.54, 1.807) is 28.9 Å². The van der Waals surface area contributed by atoms with E-state index in [0.29, 0.717) is 29.3 Å². The van der Waals surface area contributed by atoms with Crippen LogP contribution in [0.25, 0.3) is 5.69 Å². The second kappa shape index (κ2) is 9.38. The van der Waals surface area contributed by atoms with E-state index in [2.05, 4.69) is 14.8 Å². The maximum atomic E-state index is 13.2. The zero-order valence-corrected chi connectivity index (χ0v) is 20.1. The van der Waals surface area contributed by atoms with Crippen molar-refractivity contribution in [3.05, 3.63) is 71.3 Å². The first kappa shape index (κ1) is 23.6. The van der Waals surface area contributed by atoms with Crippen LogP contribution in [0.2, 0.25) is 0 Å². The molecule has 2 aromatic carbocycles. The van der Waals surface area contributed by atoms with Crippen LogP contribution in [-0.2, 0) is 21.2 Å². The van der Waals surface area contributed by atoms with Crippen molar-refractivity contribution in [3.63, 3.8) is 0 Å². The summed E-state index contributed by atoms with van der Waals surface area (Å²) in [5, 5.41) is 7.28. The number of nitrogens with one attached hydrogen (secondary N) is 1. The van der Waals surface area contributed by atoms with Gasteiger partial charge in [0.05, 0.1) is 22.7 Å². The Morgan fingerprint density at radius 1 is 1.12 bits per heavy atom. The lowest BCUT2D eigenvalue weighted by Gasteiger charge is -2.11. The van der Waals surface area contributed by atoms with Gasteiger partial charge in [0.25, 0.3) is 10.0 Å². The number of rotatable bonds is 6. The number of amidine groups is 1. The molecule has 1 fully saturated rings. The molecule has 1 amide bonds. The van der Waals surface area contributed by atoms with Gasteiger partial charge in [-0.1, -0.05) is 0 Å². The number of halogens is 1. The number of aromatic nitrogens is 2. The Kier molecular flexibility index (Phi) is 6.52. The number of benzene rings is 2. The maximum Gasteiger partial charge on any atom is 0.283 e. The third kappa shape index (κ3) is 5.01. The maximum absolute atomic E-state index is 13.2. The van der Waals surface area contributed by atoms with Crippen molar-refractivity contribution in [2.75, 3.05) is 18.9 Å². The van der Waals surface area contributed by atoms with Gasteiger partial charge in [-0.15, -0.1) is 4.40 Å². The first-order valence-corrected chi connectivity index (χ1v) is 12.3. The Morgan fingerprint density at radius 2 is 1.79 bits per heavy atom. The van der Waals surface area contributed by atoms with E-state index in [-0.39, 0.29) is 23.0 Å². The second-order valence-electron chi connectivity index (χ2n) is 8.29. The summed E-state index contributed by atoms with van der Waals surface area (Å²) in [6, 6.07) is 11.9. The molecule has 1 N–H and O–H groups in total. The van der Waals surface area contributed by atoms with Gasteiger partial charge in [0.1, 0.15) is 11.7 Å². The topological polar surface area (TPSA) is 96.7 Å². The number of hydrogen-bond acceptors (Lipinski definition) is 4. The van der Waals surface area contributed by atoms with E-state index in [1.807, 2.05) is 25.8 Å². The minimum absolute atomic E-state index is 0.0746. The van der Waals surface area contributed by atoms with Gasteiger partial charge in [-0.2, -0.15) is 13.5 Å². The van der Waals surface area contributed by atoms with Gasteiger partial charge >= 0.3 is 0 Å². The van der Waals surface area contributed by atoms with Crippen molar-refractivity contribution in [1.29, 1.82) is 0 Å². The summed E-state index contributed by atoms with van der Waals surface area (Å²) in [6.07, 6.45) is 1.62. The number of carbonyl (C=O) groups is 1. The number of likely N-dealkylation sites (tertiary alicyclic amines) is 1. The molecule has 0 atom stereocenters. The summed E-state index contributed by atoms with van der Waals surface area (Å²) in [4.78, 5) is 14.6. The van der Waals surface area contributed by atoms with Crippen LogP contribution in [0, 0.1) is 19.7 Å². The van der Waals surface area contributed by atoms with Gasteiger partial charge in [0.2, 0.25) is 5.91 Å². The summed E-state index contributed by atoms with van der Waals surface area (Å²) in [5.74, 6) is -0.0282. The molecule has 8 nitrogen and oxygen atoms in total. The predicted molar refractivity (Wildman–Crippen MR) is 128 cm³/mol. The molecule has 34 heavy (non-hydrogen) atoms. The molecule has 0 unspecified atom stereocenters. The highest BCUT2D eigenvalue weighted by atomic mass is 32.2. The van der Waals surface area contributed by atoms with Gasteiger partial charge in [0.15, 0.2) is 0 Å². The Hall–Kier alpha value is -3.53. The average molecular weight is 484 g/mol. The molecule has 0 saturated carbocycles. The third-order valence-corrected chi connectivity index (χ3v) is 7.16. The van der Waals surface area contributed by atoms with E-state index in [9.17, 15) is 17.6 Å². The van der Waals surface area contributed by atoms with Crippen LogP contribution in [0.5, 0.6) is 0 Å². The first-order valence-electron chi connectivity index (χ1n) is 10.9. The van der Waals surface area contributed by atoms with Crippen LogP contribution in [0.4, 0.5) is 10.1 Å². The molecule has 2 heterocycles. The molecule has 0 radical (unpaired) electrons. The van der Waals surface area contributed by atoms with Gasteiger partial charge < -0.3 is 10.2 Å². The number of nitrogens with zero attached hydrogens (tertiary/aromatic N) is 4. The van der Waals surface area contributed by atoms with Crippen molar-refractivity contribution < 1.29 is 17.6 Å². The fraction of sp³-hybridized carbons (Fsp3) is 0.292. The first-order chi connectivity index (χ1) is 16.1. The number of aryl methyl sites for hydroxylation is 1. The Balaban J connectivity index is 1.45. The second-order valence-corrected chi connectivity index (χ2v) is 9.90. The predicted octanol–water partition coefficient (Wildman–Crippen LogP) is 3.62. The van der Waals surface area contributed by atoms with E-state index in [1.165, 1.54) is 24.3 Å². The zero-order chi connectivity index (χ0) is 24.5. The van der Waals surface area contributed by atoms with Gasteiger partial charge in [-0.05, 0) is 68.8 Å². The minimum Gasteiger partial charge on any atom is -0.362 e. The Bertz CT molecular complexity index is 1350. The largest absolute Gasteiger partial charge is 0.362 e. The summed E-state index contributed by atoms with van der Waals surface area (Å²) in [7, 11) is -1.98. The molecule has 1 aliphatic rings. The molecule has 3 aromatic rings. The highest BCUT2D eigenvalue weighted by Crippen LogP contribution is 2.21. The van der Waals surface area contributed by atoms with Crippen LogP contribution < -0.4 is 5.32 Å². The van der Waals surface area contributed by atoms with Crippen molar-refractivity contribution >= 4 is 27.5 Å². The lowest BCUT2D eigenvalue weighted by molar-refractivity contribution is -0.115. The van der Waals surface area contributed by atoms with Crippen LogP contribution in [-0.4, -0.2) is 48.4 Å². The van der Waals surface area contributed by atoms with Crippen LogP contribution in [0.1, 0.15) is 29.8 Å². The molecule has 1 saturated heterocycles. The number of carbonyl (C=O) groups excluding carboxylic acids is 1. The van der Waals surface area contributed by atoms with Gasteiger partial charge in [-0.3, -0.25) is 4.79 Å². The molecule has 1 aromatic heterocycles. The fourth-order valence-electron chi connectivity index (χ4n) is 3.94. The number of hydrogen-bond donors (Lipinski definition) is 1. The highest BCUT2D eigenvalue weighted by Gasteiger charge is 2.21. The standard InChI is InChI=1S/C24H26FN5O3S/c1-16-22(17(2)30(27-16)20-10-6-18(25)7-11-20)15-24(31)26-19-8-12-21(13-9-19)34(32,33)28-23-5-4-14-29(23)3/h6-13H,4-5,14-15H2,1-3H3,(H,26,31)/b28-23-. The summed E-state index contributed by atoms with van der Waals surface area (Å²) in [6.45, 7) is 4.47. The minimum atomic E-state index is -3.81. The summed E-state index contributed by atoms with van der Waals surface area (Å²) >= 11 is 0. The molecule has 0 aliphatic carbocycles. The van der Waals surface area contributed by atoms with E-state index < -0.39 is 10.0 Å². The number of anilines is 1. The summed E-state index contributed by atoms with van der Waals surface area (Å²) < 4.78 is 44.1. The number of amides is 1. The molecule has 4 rings (SSSR count). The molecule has 178 valence electrons. The highest BCUT2D eigenvalue weighted by molar-refractivity contribution is 7.90. The zero-order valence-electron chi connectivity index (χ0n) is 19.2. The Labute approximate surface area is 198 Å². The molecule has 0 spiro atoms. The van der Waals surface area contributed by atoms with Crippen molar-refractivity contribution in [1.82, 2.24) is 14.7 Å². The average Bonchev–Trinajstić information content (AvgIpc) is 3.31. The molecular weight excluding hydrogens is 457 g/mol. The van der Waals surface area contributed by atoms with E-state index in [0.717, 1.165) is 24.2 Å². The Morgan fingerprint density at radius 3 is 2.41 bits per heavy atom. The molecule has 10 heteroatoms. The van der Waals surface area contributed by atoms with Crippen LogP contribution in [0.3, 0.4) is 0 Å². The molecular formula is C24H26FN5O3S. The van der Waals surface area contributed by atoms with Crippen molar-refractivity contribution in [2.24, 2.45) is 4.40 Å². The third-order valence-electron chi connectivity index (χ3n) is 5.85. The van der Waals surface area contributed by atoms with Crippen LogP contribution >= 0.6 is 0 Å². The summed E-state index contributed by atoms with van der Waals surface area (Å²) in [5.41, 5.74) is 3.46. The monoisotopic (exact) mass is 483 g/mol. The van der Waals surface area contributed by atoms with Crippen molar-refractivity contribution in [3.8, 4) is 5.69 Å². The fourth-order valence-corrected chi connectivity index (χ4v) is 5.04. The normalized spacial score (nSPS) is 15.2. The SMILES string of the molecule is Cc1nn(-c2ccc(F)cc2)c(C)c1CC(=O)Nc1ccc(S(=O)(=O)/N=C2/CCCN2C)cc1. The quantitative estimate of drug-likeness (QED) is 0.578.